The second-order valence-electron chi connectivity index (χ2n) is 13.2. The van der Waals surface area contributed by atoms with Crippen molar-refractivity contribution in [2.75, 3.05) is 6.61 Å². The highest BCUT2D eigenvalue weighted by atomic mass is 32.2. The lowest BCUT2D eigenvalue weighted by Crippen LogP contribution is -2.34. The summed E-state index contributed by atoms with van der Waals surface area (Å²) in [6, 6.07) is 21.1. The first kappa shape index (κ1) is 29.3. The summed E-state index contributed by atoms with van der Waals surface area (Å²) < 4.78 is 6.36. The monoisotopic (exact) mass is 544 g/mol. The molecule has 0 aliphatic heterocycles. The molecule has 0 radical (unpaired) electrons. The van der Waals surface area contributed by atoms with E-state index in [1.54, 1.807) is 12.1 Å². The minimum atomic E-state index is -0.896. The third-order valence-electron chi connectivity index (χ3n) is 8.26. The Kier molecular flexibility index (Phi) is 8.28. The smallest absolute Gasteiger partial charge is 0.335 e. The molecule has 39 heavy (non-hydrogen) atoms. The molecule has 1 atom stereocenters. The maximum atomic E-state index is 11.3. The fraction of sp³-hybridized carbons (Fsp3) is 0.457. The Bertz CT molecular complexity index is 1310. The average Bonchev–Trinajstić information content (AvgIpc) is 2.87. The van der Waals surface area contributed by atoms with Gasteiger partial charge in [0, 0.05) is 11.3 Å². The summed E-state index contributed by atoms with van der Waals surface area (Å²) in [5, 5.41) is 9.38. The summed E-state index contributed by atoms with van der Waals surface area (Å²) in [6.07, 6.45) is 2.32. The number of carbonyl (C=O) groups is 1. The van der Waals surface area contributed by atoms with Crippen molar-refractivity contribution in [2.24, 2.45) is 0 Å². The number of benzene rings is 3. The summed E-state index contributed by atoms with van der Waals surface area (Å²) in [5.74, 6) is 0.843. The van der Waals surface area contributed by atoms with Crippen LogP contribution in [0.1, 0.15) is 117 Å². The van der Waals surface area contributed by atoms with E-state index in [-0.39, 0.29) is 21.5 Å². The standard InChI is InChI=1S/C35H44O3S/c1-9-38-30-21-29-28(34(5,6)18-19-35(29,7)8)20-27(30)31(24-14-16-26(17-15-24)33(2,3)4)39-22-23-10-12-25(13-11-23)32(36)37/h10-17,20-21,31H,9,18-19,22H2,1-8H3,(H,36,37). The van der Waals surface area contributed by atoms with Crippen molar-refractivity contribution >= 4 is 17.7 Å². The molecule has 3 aromatic rings. The maximum absolute atomic E-state index is 11.3. The van der Waals surface area contributed by atoms with Crippen molar-refractivity contribution in [3.63, 3.8) is 0 Å². The second-order valence-corrected chi connectivity index (χ2v) is 14.3. The van der Waals surface area contributed by atoms with Gasteiger partial charge in [-0.1, -0.05) is 84.9 Å². The molecule has 0 aromatic heterocycles. The Hall–Kier alpha value is -2.72. The lowest BCUT2D eigenvalue weighted by Gasteiger charge is -2.42. The molecule has 0 spiro atoms. The molecule has 0 heterocycles. The van der Waals surface area contributed by atoms with Crippen molar-refractivity contribution < 1.29 is 14.6 Å². The number of ether oxygens (including phenoxy) is 1. The van der Waals surface area contributed by atoms with E-state index in [1.165, 1.54) is 27.8 Å². The van der Waals surface area contributed by atoms with Gasteiger partial charge in [0.15, 0.2) is 0 Å². The molecule has 0 saturated carbocycles. The highest BCUT2D eigenvalue weighted by Gasteiger charge is 2.38. The topological polar surface area (TPSA) is 46.5 Å². The van der Waals surface area contributed by atoms with Gasteiger partial charge in [-0.2, -0.15) is 0 Å². The first-order valence-electron chi connectivity index (χ1n) is 14.1. The van der Waals surface area contributed by atoms with E-state index < -0.39 is 5.97 Å². The van der Waals surface area contributed by atoms with Crippen LogP contribution in [0.5, 0.6) is 5.75 Å². The summed E-state index contributed by atoms with van der Waals surface area (Å²) in [4.78, 5) is 11.3. The number of rotatable bonds is 8. The van der Waals surface area contributed by atoms with Gasteiger partial charge in [0.05, 0.1) is 17.4 Å². The van der Waals surface area contributed by atoms with E-state index in [1.807, 2.05) is 23.9 Å². The minimum Gasteiger partial charge on any atom is -0.494 e. The van der Waals surface area contributed by atoms with Crippen LogP contribution in [-0.2, 0) is 22.0 Å². The van der Waals surface area contributed by atoms with Crippen molar-refractivity contribution in [1.82, 2.24) is 0 Å². The number of fused-ring (bicyclic) bond motifs is 1. The number of aromatic carboxylic acids is 1. The third-order valence-corrected chi connectivity index (χ3v) is 9.62. The van der Waals surface area contributed by atoms with Gasteiger partial charge in [-0.25, -0.2) is 4.79 Å². The van der Waals surface area contributed by atoms with E-state index in [2.05, 4.69) is 91.8 Å². The molecule has 3 nitrogen and oxygen atoms in total. The fourth-order valence-corrected chi connectivity index (χ4v) is 6.81. The Morgan fingerprint density at radius 2 is 1.49 bits per heavy atom. The van der Waals surface area contributed by atoms with Crippen molar-refractivity contribution in [2.45, 2.75) is 95.5 Å². The van der Waals surface area contributed by atoms with Crippen LogP contribution in [0.3, 0.4) is 0 Å². The molecular formula is C35H44O3S. The highest BCUT2D eigenvalue weighted by Crippen LogP contribution is 2.51. The number of hydrogen-bond donors (Lipinski definition) is 1. The van der Waals surface area contributed by atoms with Crippen LogP contribution in [0.2, 0.25) is 0 Å². The molecule has 0 saturated heterocycles. The van der Waals surface area contributed by atoms with Crippen molar-refractivity contribution in [3.8, 4) is 5.75 Å². The predicted molar refractivity (Wildman–Crippen MR) is 165 cm³/mol. The molecule has 1 unspecified atom stereocenters. The van der Waals surface area contributed by atoms with Gasteiger partial charge in [0.1, 0.15) is 5.75 Å². The Labute approximate surface area is 239 Å². The minimum absolute atomic E-state index is 0.0749. The van der Waals surface area contributed by atoms with Crippen LogP contribution in [0.25, 0.3) is 0 Å². The van der Waals surface area contributed by atoms with E-state index >= 15 is 0 Å². The predicted octanol–water partition coefficient (Wildman–Crippen LogP) is 9.45. The molecule has 208 valence electrons. The normalized spacial score (nSPS) is 16.8. The molecule has 3 aromatic carbocycles. The quantitative estimate of drug-likeness (QED) is 0.307. The van der Waals surface area contributed by atoms with Gasteiger partial charge >= 0.3 is 5.97 Å². The first-order valence-corrected chi connectivity index (χ1v) is 15.1. The van der Waals surface area contributed by atoms with Crippen LogP contribution >= 0.6 is 11.8 Å². The van der Waals surface area contributed by atoms with Crippen LogP contribution < -0.4 is 4.74 Å². The zero-order valence-electron chi connectivity index (χ0n) is 24.9. The Morgan fingerprint density at radius 1 is 0.923 bits per heavy atom. The van der Waals surface area contributed by atoms with E-state index in [0.29, 0.717) is 12.2 Å². The first-order chi connectivity index (χ1) is 18.2. The van der Waals surface area contributed by atoms with Gasteiger partial charge in [-0.3, -0.25) is 0 Å². The lowest BCUT2D eigenvalue weighted by molar-refractivity contribution is 0.0697. The Balaban J connectivity index is 1.82. The fourth-order valence-electron chi connectivity index (χ4n) is 5.54. The van der Waals surface area contributed by atoms with Crippen molar-refractivity contribution in [1.29, 1.82) is 0 Å². The summed E-state index contributed by atoms with van der Waals surface area (Å²) in [5.41, 5.74) is 8.35. The van der Waals surface area contributed by atoms with Gasteiger partial charge in [-0.05, 0) is 88.1 Å². The number of carboxylic acid groups (broad SMARTS) is 1. The third kappa shape index (κ3) is 6.38. The molecule has 4 rings (SSSR count). The molecule has 4 heteroatoms. The SMILES string of the molecule is CCOc1cc2c(cc1C(SCc1ccc(C(=O)O)cc1)c1ccc(C(C)(C)C)cc1)C(C)(C)CCC2(C)C. The van der Waals surface area contributed by atoms with E-state index in [0.717, 1.165) is 29.9 Å². The van der Waals surface area contributed by atoms with E-state index in [4.69, 9.17) is 4.74 Å². The van der Waals surface area contributed by atoms with Gasteiger partial charge < -0.3 is 9.84 Å². The highest BCUT2D eigenvalue weighted by molar-refractivity contribution is 7.99. The molecule has 0 bridgehead atoms. The second kappa shape index (κ2) is 11.0. The number of thioether (sulfide) groups is 1. The molecule has 0 fully saturated rings. The van der Waals surface area contributed by atoms with Crippen LogP contribution in [0, 0.1) is 0 Å². The van der Waals surface area contributed by atoms with Crippen LogP contribution in [-0.4, -0.2) is 17.7 Å². The van der Waals surface area contributed by atoms with E-state index in [9.17, 15) is 9.90 Å². The average molecular weight is 545 g/mol. The molecule has 1 N–H and O–H groups in total. The zero-order valence-corrected chi connectivity index (χ0v) is 25.7. The number of carboxylic acids is 1. The van der Waals surface area contributed by atoms with Gasteiger partial charge in [0.2, 0.25) is 0 Å². The molecule has 0 amide bonds. The van der Waals surface area contributed by atoms with Crippen LogP contribution in [0.15, 0.2) is 60.7 Å². The van der Waals surface area contributed by atoms with Crippen molar-refractivity contribution in [3.05, 3.63) is 99.6 Å². The maximum Gasteiger partial charge on any atom is 0.335 e. The molecule has 1 aliphatic rings. The van der Waals surface area contributed by atoms with Gasteiger partial charge in [-0.15, -0.1) is 11.8 Å². The Morgan fingerprint density at radius 3 is 2.00 bits per heavy atom. The summed E-state index contributed by atoms with van der Waals surface area (Å²) in [7, 11) is 0. The van der Waals surface area contributed by atoms with Crippen LogP contribution in [0.4, 0.5) is 0 Å². The largest absolute Gasteiger partial charge is 0.494 e. The zero-order chi connectivity index (χ0) is 28.6. The summed E-state index contributed by atoms with van der Waals surface area (Å²) >= 11 is 1.87. The number of hydrogen-bond acceptors (Lipinski definition) is 3. The van der Waals surface area contributed by atoms with Gasteiger partial charge in [0.25, 0.3) is 0 Å². The lowest BCUT2D eigenvalue weighted by atomic mass is 9.62. The summed E-state index contributed by atoms with van der Waals surface area (Å²) in [6.45, 7) is 18.9. The molecule has 1 aliphatic carbocycles. The molecular weight excluding hydrogens is 500 g/mol.